The molecule has 2 aliphatic heterocycles. The van der Waals surface area contributed by atoms with E-state index >= 15 is 0 Å². The van der Waals surface area contributed by atoms with Crippen LogP contribution in [0.4, 0.5) is 0 Å². The second-order valence-electron chi connectivity index (χ2n) is 9.22. The van der Waals surface area contributed by atoms with E-state index < -0.39 is 0 Å². The van der Waals surface area contributed by atoms with Crippen LogP contribution in [0.2, 0.25) is 0 Å². The first-order valence-corrected chi connectivity index (χ1v) is 12.3. The Bertz CT molecular complexity index is 836. The van der Waals surface area contributed by atoms with Crippen molar-refractivity contribution in [2.75, 3.05) is 39.3 Å². The number of nitrogens with one attached hydrogen (secondary N) is 1. The summed E-state index contributed by atoms with van der Waals surface area (Å²) in [6, 6.07) is 16.1. The average Bonchev–Trinajstić information content (AvgIpc) is 2.84. The van der Waals surface area contributed by atoms with Gasteiger partial charge < -0.3 is 19.9 Å². The molecule has 4 rings (SSSR count). The molecule has 0 spiro atoms. The van der Waals surface area contributed by atoms with Gasteiger partial charge in [-0.25, -0.2) is 0 Å². The van der Waals surface area contributed by atoms with Gasteiger partial charge in [-0.15, -0.1) is 0 Å². The largest absolute Gasteiger partial charge is 0.457 e. The summed E-state index contributed by atoms with van der Waals surface area (Å²) >= 11 is 0. The number of hydrogen-bond acceptors (Lipinski definition) is 4. The smallest absolute Gasteiger partial charge is 0.251 e. The molecule has 0 unspecified atom stereocenters. The highest BCUT2D eigenvalue weighted by Gasteiger charge is 2.25. The summed E-state index contributed by atoms with van der Waals surface area (Å²) in [4.78, 5) is 17.7. The van der Waals surface area contributed by atoms with Crippen LogP contribution in [0.25, 0.3) is 0 Å². The lowest BCUT2D eigenvalue weighted by atomic mass is 10.00. The van der Waals surface area contributed by atoms with E-state index in [-0.39, 0.29) is 5.91 Å². The number of rotatable bonds is 8. The summed E-state index contributed by atoms with van der Waals surface area (Å²) in [6.45, 7) is 8.82. The molecule has 2 fully saturated rings. The lowest BCUT2D eigenvalue weighted by Gasteiger charge is -2.40. The predicted octanol–water partition coefficient (Wildman–Crippen LogP) is 4.86. The number of ether oxygens (including phenoxy) is 1. The van der Waals surface area contributed by atoms with Crippen molar-refractivity contribution < 1.29 is 9.53 Å². The van der Waals surface area contributed by atoms with Gasteiger partial charge >= 0.3 is 0 Å². The van der Waals surface area contributed by atoms with Crippen molar-refractivity contribution >= 4 is 5.91 Å². The molecule has 0 atom stereocenters. The number of carbonyl (C=O) groups is 1. The van der Waals surface area contributed by atoms with Gasteiger partial charge in [-0.1, -0.05) is 24.1 Å². The Balaban J connectivity index is 1.13. The third-order valence-corrected chi connectivity index (χ3v) is 6.77. The Labute approximate surface area is 192 Å². The summed E-state index contributed by atoms with van der Waals surface area (Å²) in [7, 11) is 0. The van der Waals surface area contributed by atoms with E-state index in [0.29, 0.717) is 12.1 Å². The van der Waals surface area contributed by atoms with E-state index in [2.05, 4.69) is 22.0 Å². The first-order valence-electron chi connectivity index (χ1n) is 12.3. The molecule has 2 aliphatic rings. The third-order valence-electron chi connectivity index (χ3n) is 6.77. The van der Waals surface area contributed by atoms with Crippen molar-refractivity contribution in [1.82, 2.24) is 15.1 Å². The monoisotopic (exact) mass is 435 g/mol. The maximum Gasteiger partial charge on any atom is 0.251 e. The highest BCUT2D eigenvalue weighted by Crippen LogP contribution is 2.22. The van der Waals surface area contributed by atoms with Crippen molar-refractivity contribution in [2.45, 2.75) is 51.5 Å². The first kappa shape index (κ1) is 22.8. The van der Waals surface area contributed by atoms with Crippen molar-refractivity contribution in [3.8, 4) is 11.5 Å². The van der Waals surface area contributed by atoms with E-state index in [4.69, 9.17) is 4.74 Å². The Hall–Kier alpha value is -2.37. The van der Waals surface area contributed by atoms with Crippen LogP contribution >= 0.6 is 0 Å². The molecule has 2 heterocycles. The number of amides is 1. The Morgan fingerprint density at radius 1 is 0.906 bits per heavy atom. The zero-order valence-corrected chi connectivity index (χ0v) is 19.4. The second-order valence-corrected chi connectivity index (χ2v) is 9.22. The molecule has 1 N–H and O–H groups in total. The fourth-order valence-electron chi connectivity index (χ4n) is 4.81. The molecule has 32 heavy (non-hydrogen) atoms. The highest BCUT2D eigenvalue weighted by molar-refractivity contribution is 5.94. The molecule has 5 nitrogen and oxygen atoms in total. The highest BCUT2D eigenvalue weighted by atomic mass is 16.5. The third kappa shape index (κ3) is 6.57. The van der Waals surface area contributed by atoms with Gasteiger partial charge in [-0.05, 0) is 108 Å². The van der Waals surface area contributed by atoms with Crippen LogP contribution < -0.4 is 10.1 Å². The average molecular weight is 436 g/mol. The second kappa shape index (κ2) is 11.5. The maximum absolute atomic E-state index is 12.4. The van der Waals surface area contributed by atoms with Crippen molar-refractivity contribution in [3.05, 3.63) is 59.7 Å². The number of likely N-dealkylation sites (tertiary alicyclic amines) is 2. The molecular formula is C27H37N3O2. The summed E-state index contributed by atoms with van der Waals surface area (Å²) in [5.74, 6) is 1.52. The van der Waals surface area contributed by atoms with Crippen LogP contribution in [0.5, 0.6) is 11.5 Å². The van der Waals surface area contributed by atoms with E-state index in [1.807, 2.05) is 48.5 Å². The summed E-state index contributed by atoms with van der Waals surface area (Å²) in [5.41, 5.74) is 1.87. The summed E-state index contributed by atoms with van der Waals surface area (Å²) in [6.07, 6.45) is 7.75. The molecule has 2 saturated heterocycles. The van der Waals surface area contributed by atoms with Crippen molar-refractivity contribution in [1.29, 1.82) is 0 Å². The van der Waals surface area contributed by atoms with E-state index in [0.717, 1.165) is 30.5 Å². The number of piperidine rings is 2. The van der Waals surface area contributed by atoms with Gasteiger partial charge in [-0.2, -0.15) is 0 Å². The number of carbonyl (C=O) groups excluding carboxylic acids is 1. The molecule has 0 radical (unpaired) electrons. The van der Waals surface area contributed by atoms with Crippen LogP contribution in [-0.2, 0) is 0 Å². The molecule has 2 aromatic carbocycles. The zero-order chi connectivity index (χ0) is 22.2. The molecule has 2 aromatic rings. The number of hydrogen-bond donors (Lipinski definition) is 1. The van der Waals surface area contributed by atoms with Crippen molar-refractivity contribution in [3.63, 3.8) is 0 Å². The topological polar surface area (TPSA) is 44.8 Å². The normalized spacial score (nSPS) is 18.4. The lowest BCUT2D eigenvalue weighted by molar-refractivity contribution is 0.0903. The fraction of sp³-hybridized carbons (Fsp3) is 0.519. The number of aryl methyl sites for hydroxylation is 1. The molecular weight excluding hydrogens is 398 g/mol. The number of benzene rings is 2. The predicted molar refractivity (Wildman–Crippen MR) is 130 cm³/mol. The van der Waals surface area contributed by atoms with E-state index in [1.54, 1.807) is 0 Å². The van der Waals surface area contributed by atoms with Gasteiger partial charge in [0.05, 0.1) is 0 Å². The zero-order valence-electron chi connectivity index (χ0n) is 19.4. The van der Waals surface area contributed by atoms with Crippen LogP contribution in [0.3, 0.4) is 0 Å². The van der Waals surface area contributed by atoms with Gasteiger partial charge in [-0.3, -0.25) is 4.79 Å². The van der Waals surface area contributed by atoms with Gasteiger partial charge in [0.1, 0.15) is 11.5 Å². The minimum Gasteiger partial charge on any atom is -0.457 e. The van der Waals surface area contributed by atoms with Gasteiger partial charge in [0.25, 0.3) is 5.91 Å². The SMILES string of the molecule is Cc1ccc(Oc2ccc(C(=O)NCCCN3CCC(N4CCCCC4)CC3)cc2)cc1. The minimum absolute atomic E-state index is 0.0179. The Morgan fingerprint density at radius 3 is 2.19 bits per heavy atom. The molecule has 0 bridgehead atoms. The first-order chi connectivity index (χ1) is 15.7. The van der Waals surface area contributed by atoms with E-state index in [1.165, 1.54) is 63.8 Å². The van der Waals surface area contributed by atoms with Gasteiger partial charge in [0.2, 0.25) is 0 Å². The van der Waals surface area contributed by atoms with Gasteiger partial charge in [0, 0.05) is 18.2 Å². The molecule has 0 aliphatic carbocycles. The molecule has 5 heteroatoms. The van der Waals surface area contributed by atoms with Crippen molar-refractivity contribution in [2.24, 2.45) is 0 Å². The summed E-state index contributed by atoms with van der Waals surface area (Å²) < 4.78 is 5.84. The molecule has 0 saturated carbocycles. The maximum atomic E-state index is 12.4. The lowest BCUT2D eigenvalue weighted by Crippen LogP contribution is -2.47. The Kier molecular flexibility index (Phi) is 8.18. The number of nitrogens with zero attached hydrogens (tertiary/aromatic N) is 2. The fourth-order valence-corrected chi connectivity index (χ4v) is 4.81. The molecule has 1 amide bonds. The molecule has 172 valence electrons. The Morgan fingerprint density at radius 2 is 1.53 bits per heavy atom. The van der Waals surface area contributed by atoms with Crippen LogP contribution in [0.1, 0.15) is 54.4 Å². The van der Waals surface area contributed by atoms with Crippen LogP contribution in [-0.4, -0.2) is 61.0 Å². The van der Waals surface area contributed by atoms with E-state index in [9.17, 15) is 4.79 Å². The quantitative estimate of drug-likeness (QED) is 0.602. The molecule has 0 aromatic heterocycles. The standard InChI is InChI=1S/C27H37N3O2/c1-22-6-10-25(11-7-22)32-26-12-8-23(9-13-26)27(31)28-16-5-17-29-20-14-24(15-21-29)30-18-3-2-4-19-30/h6-13,24H,2-5,14-21H2,1H3,(H,28,31). The van der Waals surface area contributed by atoms with Crippen LogP contribution in [0.15, 0.2) is 48.5 Å². The minimum atomic E-state index is -0.0179. The van der Waals surface area contributed by atoms with Crippen LogP contribution in [0, 0.1) is 6.92 Å². The summed E-state index contributed by atoms with van der Waals surface area (Å²) in [5, 5.41) is 3.06. The van der Waals surface area contributed by atoms with Gasteiger partial charge in [0.15, 0.2) is 0 Å².